The Morgan fingerprint density at radius 3 is 1.92 bits per heavy atom. The Balaban J connectivity index is 3.50. The molecule has 5 nitrogen and oxygen atoms in total. The molecule has 0 aliphatic heterocycles. The van der Waals surface area contributed by atoms with Crippen molar-refractivity contribution in [1.82, 2.24) is 0 Å². The molecule has 0 heterocycles. The van der Waals surface area contributed by atoms with Gasteiger partial charge in [-0.3, -0.25) is 4.55 Å². The lowest BCUT2D eigenvalue weighted by molar-refractivity contribution is -0.356. The number of esters is 1. The minimum Gasteiger partial charge on any atom is -0.435 e. The number of hydrogen-bond donors (Lipinski definition) is 1. The molecule has 12 heteroatoms. The molecule has 0 amide bonds. The van der Waals surface area contributed by atoms with Gasteiger partial charge in [0.05, 0.1) is 5.56 Å². The van der Waals surface area contributed by atoms with Crippen molar-refractivity contribution >= 4 is 16.1 Å². The van der Waals surface area contributed by atoms with Crippen molar-refractivity contribution in [2.45, 2.75) is 31.8 Å². The lowest BCUT2D eigenvalue weighted by Gasteiger charge is -2.35. The van der Waals surface area contributed by atoms with Gasteiger partial charge in [-0.15, -0.1) is 0 Å². The summed E-state index contributed by atoms with van der Waals surface area (Å²) >= 11 is 0. The normalized spacial score (nSPS) is 13.6. The molecule has 0 unspecified atom stereocenters. The van der Waals surface area contributed by atoms with Crippen LogP contribution in [0.5, 0.6) is 0 Å². The number of rotatable bonds is 4. The molecule has 25 heavy (non-hydrogen) atoms. The van der Waals surface area contributed by atoms with Gasteiger partial charge in [0, 0.05) is 0 Å². The highest BCUT2D eigenvalue weighted by Gasteiger charge is 2.76. The summed E-state index contributed by atoms with van der Waals surface area (Å²) in [5, 5.41) is 0. The van der Waals surface area contributed by atoms with Crippen molar-refractivity contribution in [3.8, 4) is 0 Å². The maximum absolute atomic E-state index is 13.1. The zero-order valence-electron chi connectivity index (χ0n) is 12.7. The second-order valence-corrected chi connectivity index (χ2v) is 6.71. The molecule has 1 N–H and O–H groups in total. The van der Waals surface area contributed by atoms with E-state index in [1.807, 2.05) is 0 Å². The molecule has 0 radical (unpaired) electrons. The van der Waals surface area contributed by atoms with Crippen molar-refractivity contribution in [3.05, 3.63) is 34.9 Å². The van der Waals surface area contributed by atoms with Crippen LogP contribution in [0.1, 0.15) is 21.5 Å². The van der Waals surface area contributed by atoms with E-state index in [0.29, 0.717) is 5.56 Å². The lowest BCUT2D eigenvalue weighted by atomic mass is 10.0. The molecule has 0 bridgehead atoms. The monoisotopic (exact) mass is 394 g/mol. The zero-order valence-corrected chi connectivity index (χ0v) is 13.5. The molecule has 1 aromatic carbocycles. The van der Waals surface area contributed by atoms with E-state index in [2.05, 4.69) is 4.74 Å². The average molecular weight is 394 g/mol. The van der Waals surface area contributed by atoms with Crippen LogP contribution in [0.25, 0.3) is 0 Å². The van der Waals surface area contributed by atoms with Crippen molar-refractivity contribution in [2.75, 3.05) is 5.75 Å². The van der Waals surface area contributed by atoms with Crippen LogP contribution in [0.3, 0.4) is 0 Å². The predicted molar refractivity (Wildman–Crippen MR) is 72.6 cm³/mol. The number of aryl methyl sites for hydroxylation is 2. The van der Waals surface area contributed by atoms with E-state index in [0.717, 1.165) is 6.07 Å². The first-order valence-corrected chi connectivity index (χ1v) is 8.00. The molecule has 1 aromatic rings. The van der Waals surface area contributed by atoms with Crippen LogP contribution < -0.4 is 0 Å². The van der Waals surface area contributed by atoms with Crippen LogP contribution in [0.2, 0.25) is 0 Å². The standard InChI is InChI=1S/C13H12F6O5S/c1-7-3-4-9(8(2)5-7)10(20)24-11(12(14,15)16,13(17,18)19)6-25(21,22)23/h3-5H,6H2,1-2H3,(H,21,22,23). The van der Waals surface area contributed by atoms with Gasteiger partial charge in [0.2, 0.25) is 0 Å². The second kappa shape index (κ2) is 6.48. The topological polar surface area (TPSA) is 80.7 Å². The van der Waals surface area contributed by atoms with Crippen LogP contribution in [0.15, 0.2) is 18.2 Å². The summed E-state index contributed by atoms with van der Waals surface area (Å²) in [5.41, 5.74) is -5.43. The third-order valence-corrected chi connectivity index (χ3v) is 3.94. The smallest absolute Gasteiger partial charge is 0.435 e. The molecule has 0 aliphatic rings. The summed E-state index contributed by atoms with van der Waals surface area (Å²) < 4.78 is 112. The Morgan fingerprint density at radius 1 is 1.08 bits per heavy atom. The molecule has 0 atom stereocenters. The molecule has 0 fully saturated rings. The van der Waals surface area contributed by atoms with Gasteiger partial charge in [-0.1, -0.05) is 17.7 Å². The van der Waals surface area contributed by atoms with E-state index in [1.165, 1.54) is 19.1 Å². The van der Waals surface area contributed by atoms with E-state index in [9.17, 15) is 39.6 Å². The predicted octanol–water partition coefficient (Wildman–Crippen LogP) is 3.21. The first-order valence-electron chi connectivity index (χ1n) is 6.39. The third-order valence-electron chi connectivity index (χ3n) is 3.17. The van der Waals surface area contributed by atoms with Crippen LogP contribution in [-0.4, -0.2) is 42.6 Å². The van der Waals surface area contributed by atoms with Gasteiger partial charge in [0.1, 0.15) is 5.75 Å². The van der Waals surface area contributed by atoms with Crippen molar-refractivity contribution in [3.63, 3.8) is 0 Å². The Bertz CT molecular complexity index is 752. The van der Waals surface area contributed by atoms with Crippen LogP contribution in [0, 0.1) is 13.8 Å². The SMILES string of the molecule is Cc1ccc(C(=O)OC(CS(=O)(=O)O)(C(F)(F)F)C(F)(F)F)c(C)c1. The molecule has 0 spiro atoms. The first kappa shape index (κ1) is 21.2. The summed E-state index contributed by atoms with van der Waals surface area (Å²) in [4.78, 5) is 11.9. The third kappa shape index (κ3) is 4.63. The van der Waals surface area contributed by atoms with Gasteiger partial charge in [0.25, 0.3) is 10.1 Å². The minimum atomic E-state index is -6.35. The summed E-state index contributed by atoms with van der Waals surface area (Å²) in [6, 6.07) is 3.50. The highest BCUT2D eigenvalue weighted by atomic mass is 32.2. The number of carbonyl (C=O) groups excluding carboxylic acids is 1. The van der Waals surface area contributed by atoms with Crippen LogP contribution in [0.4, 0.5) is 26.3 Å². The van der Waals surface area contributed by atoms with Gasteiger partial charge in [-0.05, 0) is 25.5 Å². The number of halogens is 6. The Labute approximate surface area is 138 Å². The van der Waals surface area contributed by atoms with E-state index in [4.69, 9.17) is 4.55 Å². The summed E-state index contributed by atoms with van der Waals surface area (Å²) in [6.45, 7) is 2.81. The van der Waals surface area contributed by atoms with Crippen molar-refractivity contribution in [2.24, 2.45) is 0 Å². The fraction of sp³-hybridized carbons (Fsp3) is 0.462. The minimum absolute atomic E-state index is 0.0232. The van der Waals surface area contributed by atoms with Crippen molar-refractivity contribution in [1.29, 1.82) is 0 Å². The highest BCUT2D eigenvalue weighted by Crippen LogP contribution is 2.47. The lowest BCUT2D eigenvalue weighted by Crippen LogP contribution is -2.63. The number of ether oxygens (including phenoxy) is 1. The largest absolute Gasteiger partial charge is 0.438 e. The maximum Gasteiger partial charge on any atom is 0.438 e. The highest BCUT2D eigenvalue weighted by molar-refractivity contribution is 7.85. The second-order valence-electron chi connectivity index (χ2n) is 5.26. The van der Waals surface area contributed by atoms with Gasteiger partial charge in [-0.25, -0.2) is 4.79 Å². The Morgan fingerprint density at radius 2 is 1.56 bits per heavy atom. The summed E-state index contributed by atoms with van der Waals surface area (Å²) in [5.74, 6) is -4.94. The zero-order chi connectivity index (χ0) is 19.8. The van der Waals surface area contributed by atoms with Gasteiger partial charge >= 0.3 is 23.9 Å². The van der Waals surface area contributed by atoms with Gasteiger partial charge in [0.15, 0.2) is 0 Å². The molecular weight excluding hydrogens is 382 g/mol. The first-order chi connectivity index (χ1) is 11.0. The van der Waals surface area contributed by atoms with E-state index in [-0.39, 0.29) is 5.56 Å². The summed E-state index contributed by atoms with van der Waals surface area (Å²) in [7, 11) is -5.81. The number of carbonyl (C=O) groups is 1. The van der Waals surface area contributed by atoms with Crippen molar-refractivity contribution < 1.29 is 48.8 Å². The molecule has 0 aliphatic carbocycles. The van der Waals surface area contributed by atoms with E-state index in [1.54, 1.807) is 6.92 Å². The number of hydrogen-bond acceptors (Lipinski definition) is 4. The average Bonchev–Trinajstić information content (AvgIpc) is 2.33. The van der Waals surface area contributed by atoms with E-state index >= 15 is 0 Å². The quantitative estimate of drug-likeness (QED) is 0.482. The fourth-order valence-corrected chi connectivity index (χ4v) is 2.88. The van der Waals surface area contributed by atoms with Gasteiger partial charge < -0.3 is 4.74 Å². The molecular formula is C13H12F6O5S. The fourth-order valence-electron chi connectivity index (χ4n) is 1.98. The van der Waals surface area contributed by atoms with E-state index < -0.39 is 45.4 Å². The Hall–Kier alpha value is -1.82. The molecule has 0 saturated heterocycles. The molecule has 1 rings (SSSR count). The van der Waals surface area contributed by atoms with Crippen LogP contribution in [-0.2, 0) is 14.9 Å². The summed E-state index contributed by atoms with van der Waals surface area (Å²) in [6.07, 6.45) is -12.7. The maximum atomic E-state index is 13.1. The number of alkyl halides is 6. The molecule has 0 aromatic heterocycles. The number of benzene rings is 1. The van der Waals surface area contributed by atoms with Crippen LogP contribution >= 0.6 is 0 Å². The van der Waals surface area contributed by atoms with Gasteiger partial charge in [-0.2, -0.15) is 34.8 Å². The Kier molecular flexibility index (Phi) is 5.50. The molecule has 0 saturated carbocycles. The molecule has 142 valence electrons.